The number of nitrogens with one attached hydrogen (secondary N) is 1. The summed E-state index contributed by atoms with van der Waals surface area (Å²) in [7, 11) is 1.74. The molecule has 0 aliphatic rings. The Balaban J connectivity index is 2.11. The number of aromatic nitrogens is 2. The second-order valence-corrected chi connectivity index (χ2v) is 5.54. The first-order valence-corrected chi connectivity index (χ1v) is 7.15. The van der Waals surface area contributed by atoms with Gasteiger partial charge in [-0.05, 0) is 31.2 Å². The molecular formula is C14H12Cl3N3O. The molecule has 0 atom stereocenters. The molecule has 1 heterocycles. The van der Waals surface area contributed by atoms with Gasteiger partial charge in [-0.2, -0.15) is 5.10 Å². The van der Waals surface area contributed by atoms with Crippen LogP contribution in [0.15, 0.2) is 24.3 Å². The summed E-state index contributed by atoms with van der Waals surface area (Å²) in [5, 5.41) is 8.14. The third-order valence-corrected chi connectivity index (χ3v) is 3.97. The molecule has 7 heteroatoms. The molecule has 4 nitrogen and oxygen atoms in total. The van der Waals surface area contributed by atoms with Crippen LogP contribution in [-0.2, 0) is 11.8 Å². The van der Waals surface area contributed by atoms with E-state index in [1.807, 2.05) is 6.92 Å². The fourth-order valence-corrected chi connectivity index (χ4v) is 2.29. The van der Waals surface area contributed by atoms with Gasteiger partial charge >= 0.3 is 0 Å². The molecule has 0 bridgehead atoms. The lowest BCUT2D eigenvalue weighted by Gasteiger charge is -2.03. The van der Waals surface area contributed by atoms with Crippen LogP contribution in [0.2, 0.25) is 15.2 Å². The van der Waals surface area contributed by atoms with Gasteiger partial charge in [-0.3, -0.25) is 9.48 Å². The fraction of sp³-hybridized carbons (Fsp3) is 0.143. The number of hydrogen-bond donors (Lipinski definition) is 1. The van der Waals surface area contributed by atoms with E-state index in [9.17, 15) is 4.79 Å². The van der Waals surface area contributed by atoms with Crippen LogP contribution in [0.4, 0.5) is 5.69 Å². The topological polar surface area (TPSA) is 46.9 Å². The van der Waals surface area contributed by atoms with Gasteiger partial charge in [-0.25, -0.2) is 0 Å². The molecule has 2 aromatic rings. The smallest absolute Gasteiger partial charge is 0.248 e. The molecule has 0 aliphatic heterocycles. The van der Waals surface area contributed by atoms with Crippen LogP contribution in [-0.4, -0.2) is 15.7 Å². The third-order valence-electron chi connectivity index (χ3n) is 2.78. The summed E-state index contributed by atoms with van der Waals surface area (Å²) >= 11 is 17.8. The first kappa shape index (κ1) is 15.9. The van der Waals surface area contributed by atoms with E-state index in [0.29, 0.717) is 26.4 Å². The first-order valence-electron chi connectivity index (χ1n) is 6.01. The van der Waals surface area contributed by atoms with Crippen LogP contribution in [0.25, 0.3) is 6.08 Å². The monoisotopic (exact) mass is 343 g/mol. The molecule has 2 rings (SSSR count). The summed E-state index contributed by atoms with van der Waals surface area (Å²) in [4.78, 5) is 11.9. The predicted molar refractivity (Wildman–Crippen MR) is 87.1 cm³/mol. The second-order valence-electron chi connectivity index (χ2n) is 4.36. The van der Waals surface area contributed by atoms with Crippen LogP contribution in [0.5, 0.6) is 0 Å². The van der Waals surface area contributed by atoms with E-state index in [0.717, 1.165) is 5.69 Å². The van der Waals surface area contributed by atoms with Crippen molar-refractivity contribution < 1.29 is 4.79 Å². The molecule has 0 fully saturated rings. The maximum Gasteiger partial charge on any atom is 0.248 e. The number of anilines is 1. The van der Waals surface area contributed by atoms with Gasteiger partial charge in [0, 0.05) is 24.4 Å². The van der Waals surface area contributed by atoms with Gasteiger partial charge in [-0.15, -0.1) is 0 Å². The minimum atomic E-state index is -0.298. The Labute approximate surface area is 137 Å². The van der Waals surface area contributed by atoms with E-state index in [1.54, 1.807) is 36.0 Å². The fourth-order valence-electron chi connectivity index (χ4n) is 1.75. The molecule has 0 radical (unpaired) electrons. The van der Waals surface area contributed by atoms with Gasteiger partial charge in [0.25, 0.3) is 0 Å². The Hall–Kier alpha value is -1.49. The minimum Gasteiger partial charge on any atom is -0.322 e. The van der Waals surface area contributed by atoms with Gasteiger partial charge in [0.15, 0.2) is 0 Å². The SMILES string of the molecule is Cc1nn(C)c(Cl)c1/C=C/C(=O)Nc1ccc(Cl)c(Cl)c1. The lowest BCUT2D eigenvalue weighted by Crippen LogP contribution is -2.07. The Bertz CT molecular complexity index is 722. The summed E-state index contributed by atoms with van der Waals surface area (Å²) in [6.45, 7) is 1.82. The number of carbonyl (C=O) groups is 1. The van der Waals surface area contributed by atoms with Crippen molar-refractivity contribution in [2.75, 3.05) is 5.32 Å². The number of nitrogens with zero attached hydrogens (tertiary/aromatic N) is 2. The molecule has 0 saturated heterocycles. The van der Waals surface area contributed by atoms with Crippen LogP contribution in [0.1, 0.15) is 11.3 Å². The van der Waals surface area contributed by atoms with Crippen molar-refractivity contribution in [3.63, 3.8) is 0 Å². The Morgan fingerprint density at radius 2 is 2.00 bits per heavy atom. The molecule has 1 aromatic carbocycles. The van der Waals surface area contributed by atoms with Gasteiger partial charge in [0.05, 0.1) is 15.7 Å². The highest BCUT2D eigenvalue weighted by Gasteiger charge is 2.08. The van der Waals surface area contributed by atoms with Crippen molar-refractivity contribution in [2.24, 2.45) is 7.05 Å². The average molecular weight is 345 g/mol. The third kappa shape index (κ3) is 3.79. The van der Waals surface area contributed by atoms with Gasteiger partial charge in [0.1, 0.15) is 5.15 Å². The minimum absolute atomic E-state index is 0.298. The summed E-state index contributed by atoms with van der Waals surface area (Å²) in [6, 6.07) is 4.87. The number of hydrogen-bond acceptors (Lipinski definition) is 2. The highest BCUT2D eigenvalue weighted by Crippen LogP contribution is 2.25. The van der Waals surface area contributed by atoms with Gasteiger partial charge < -0.3 is 5.32 Å². The number of halogens is 3. The Morgan fingerprint density at radius 1 is 1.29 bits per heavy atom. The molecule has 0 spiro atoms. The standard InChI is InChI=1S/C14H12Cl3N3O/c1-8-10(14(17)20(2)19-8)4-6-13(21)18-9-3-5-11(15)12(16)7-9/h3-7H,1-2H3,(H,18,21)/b6-4+. The van der Waals surface area contributed by atoms with Gasteiger partial charge in [-0.1, -0.05) is 34.8 Å². The first-order chi connectivity index (χ1) is 9.88. The summed E-state index contributed by atoms with van der Waals surface area (Å²) < 4.78 is 1.55. The molecule has 21 heavy (non-hydrogen) atoms. The molecule has 0 unspecified atom stereocenters. The lowest BCUT2D eigenvalue weighted by molar-refractivity contribution is -0.111. The molecular weight excluding hydrogens is 333 g/mol. The van der Waals surface area contributed by atoms with E-state index in [4.69, 9.17) is 34.8 Å². The zero-order chi connectivity index (χ0) is 15.6. The van der Waals surface area contributed by atoms with Crippen LogP contribution in [0, 0.1) is 6.92 Å². The Morgan fingerprint density at radius 3 is 2.57 bits per heavy atom. The van der Waals surface area contributed by atoms with Crippen LogP contribution < -0.4 is 5.32 Å². The highest BCUT2D eigenvalue weighted by molar-refractivity contribution is 6.42. The largest absolute Gasteiger partial charge is 0.322 e. The summed E-state index contributed by atoms with van der Waals surface area (Å²) in [5.74, 6) is -0.298. The predicted octanol–water partition coefficient (Wildman–Crippen LogP) is 4.34. The van der Waals surface area contributed by atoms with E-state index in [2.05, 4.69) is 10.4 Å². The molecule has 0 aliphatic carbocycles. The molecule has 1 amide bonds. The van der Waals surface area contributed by atoms with E-state index in [-0.39, 0.29) is 5.91 Å². The van der Waals surface area contributed by atoms with Crippen molar-refractivity contribution in [1.29, 1.82) is 0 Å². The average Bonchev–Trinajstić information content (AvgIpc) is 2.66. The van der Waals surface area contributed by atoms with Crippen molar-refractivity contribution in [3.8, 4) is 0 Å². The zero-order valence-electron chi connectivity index (χ0n) is 11.3. The number of carbonyl (C=O) groups excluding carboxylic acids is 1. The number of aryl methyl sites for hydroxylation is 2. The maximum absolute atomic E-state index is 11.9. The second kappa shape index (κ2) is 6.52. The van der Waals surface area contributed by atoms with Crippen LogP contribution >= 0.6 is 34.8 Å². The Kier molecular flexibility index (Phi) is 4.93. The quantitative estimate of drug-likeness (QED) is 0.842. The number of amides is 1. The van der Waals surface area contributed by atoms with E-state index >= 15 is 0 Å². The van der Waals surface area contributed by atoms with Crippen molar-refractivity contribution >= 4 is 52.5 Å². The summed E-state index contributed by atoms with van der Waals surface area (Å²) in [5.41, 5.74) is 2.03. The molecule has 1 aromatic heterocycles. The number of benzene rings is 1. The van der Waals surface area contributed by atoms with Crippen molar-refractivity contribution in [2.45, 2.75) is 6.92 Å². The van der Waals surface area contributed by atoms with Crippen LogP contribution in [0.3, 0.4) is 0 Å². The molecule has 1 N–H and O–H groups in total. The highest BCUT2D eigenvalue weighted by atomic mass is 35.5. The lowest BCUT2D eigenvalue weighted by atomic mass is 10.2. The molecule has 0 saturated carbocycles. The van der Waals surface area contributed by atoms with E-state index < -0.39 is 0 Å². The number of rotatable bonds is 3. The normalized spacial score (nSPS) is 11.1. The van der Waals surface area contributed by atoms with E-state index in [1.165, 1.54) is 6.08 Å². The van der Waals surface area contributed by atoms with Gasteiger partial charge in [0.2, 0.25) is 5.91 Å². The molecule has 110 valence electrons. The van der Waals surface area contributed by atoms with Crippen molar-refractivity contribution in [3.05, 3.63) is 50.7 Å². The maximum atomic E-state index is 11.9. The summed E-state index contributed by atoms with van der Waals surface area (Å²) in [6.07, 6.45) is 3.01. The zero-order valence-corrected chi connectivity index (χ0v) is 13.6. The van der Waals surface area contributed by atoms with Crippen molar-refractivity contribution in [1.82, 2.24) is 9.78 Å².